The van der Waals surface area contributed by atoms with E-state index in [0.29, 0.717) is 0 Å². The quantitative estimate of drug-likeness (QED) is 0.796. The topological polar surface area (TPSA) is 32.6 Å². The summed E-state index contributed by atoms with van der Waals surface area (Å²) in [7, 11) is 0. The van der Waals surface area contributed by atoms with Gasteiger partial charge in [-0.15, -0.1) is 11.3 Å². The van der Waals surface area contributed by atoms with Crippen LogP contribution >= 0.6 is 11.3 Å². The Hall–Kier alpha value is -0.910. The molecule has 1 saturated carbocycles. The number of nitrogens with one attached hydrogen (secondary N) is 1. The van der Waals surface area contributed by atoms with Gasteiger partial charge in [0, 0.05) is 36.8 Å². The SMILES string of the molecule is CCN(CCNCc1c(C)nc2scc(C)n12)C1CC1. The van der Waals surface area contributed by atoms with Gasteiger partial charge in [-0.2, -0.15) is 0 Å². The summed E-state index contributed by atoms with van der Waals surface area (Å²) in [6.45, 7) is 10.8. The number of fused-ring (bicyclic) bond motifs is 1. The number of hydrogen-bond acceptors (Lipinski definition) is 4. The second-order valence-electron chi connectivity index (χ2n) is 5.68. The summed E-state index contributed by atoms with van der Waals surface area (Å²) in [6.07, 6.45) is 2.79. The van der Waals surface area contributed by atoms with Crippen LogP contribution in [0.1, 0.15) is 36.8 Å². The number of aryl methyl sites for hydroxylation is 2. The highest BCUT2D eigenvalue weighted by atomic mass is 32.1. The van der Waals surface area contributed by atoms with Gasteiger partial charge in [-0.3, -0.25) is 9.30 Å². The van der Waals surface area contributed by atoms with Crippen molar-refractivity contribution in [3.05, 3.63) is 22.5 Å². The molecule has 0 aromatic carbocycles. The van der Waals surface area contributed by atoms with E-state index in [1.807, 2.05) is 0 Å². The fourth-order valence-corrected chi connectivity index (χ4v) is 3.77. The Morgan fingerprint density at radius 2 is 2.25 bits per heavy atom. The van der Waals surface area contributed by atoms with E-state index in [4.69, 9.17) is 0 Å². The molecule has 1 N–H and O–H groups in total. The molecular weight excluding hydrogens is 268 g/mol. The zero-order valence-electron chi connectivity index (χ0n) is 12.6. The summed E-state index contributed by atoms with van der Waals surface area (Å²) in [4.78, 5) is 8.33. The molecule has 2 heterocycles. The molecule has 0 spiro atoms. The first-order chi connectivity index (χ1) is 9.70. The Balaban J connectivity index is 1.56. The number of rotatable bonds is 7. The van der Waals surface area contributed by atoms with Crippen molar-refractivity contribution in [2.75, 3.05) is 19.6 Å². The van der Waals surface area contributed by atoms with Gasteiger partial charge in [0.15, 0.2) is 4.96 Å². The van der Waals surface area contributed by atoms with E-state index in [1.54, 1.807) is 11.3 Å². The van der Waals surface area contributed by atoms with Gasteiger partial charge in [-0.25, -0.2) is 4.98 Å². The summed E-state index contributed by atoms with van der Waals surface area (Å²) in [6, 6.07) is 0.865. The molecule has 0 atom stereocenters. The first-order valence-corrected chi connectivity index (χ1v) is 8.45. The average molecular weight is 292 g/mol. The summed E-state index contributed by atoms with van der Waals surface area (Å²) in [5, 5.41) is 5.77. The maximum absolute atomic E-state index is 4.63. The van der Waals surface area contributed by atoms with E-state index < -0.39 is 0 Å². The van der Waals surface area contributed by atoms with Gasteiger partial charge in [-0.05, 0) is 33.2 Å². The van der Waals surface area contributed by atoms with Crippen LogP contribution in [0.25, 0.3) is 4.96 Å². The monoisotopic (exact) mass is 292 g/mol. The van der Waals surface area contributed by atoms with Gasteiger partial charge in [0.1, 0.15) is 0 Å². The first-order valence-electron chi connectivity index (χ1n) is 7.57. The van der Waals surface area contributed by atoms with Gasteiger partial charge >= 0.3 is 0 Å². The summed E-state index contributed by atoms with van der Waals surface area (Å²) in [5.74, 6) is 0. The Morgan fingerprint density at radius 3 is 2.95 bits per heavy atom. The molecule has 110 valence electrons. The van der Waals surface area contributed by atoms with Gasteiger partial charge in [0.25, 0.3) is 0 Å². The fourth-order valence-electron chi connectivity index (χ4n) is 2.84. The lowest BCUT2D eigenvalue weighted by Crippen LogP contribution is -2.33. The molecule has 0 aliphatic heterocycles. The molecule has 20 heavy (non-hydrogen) atoms. The van der Waals surface area contributed by atoms with E-state index in [1.165, 1.54) is 30.8 Å². The number of hydrogen-bond donors (Lipinski definition) is 1. The number of aromatic nitrogens is 2. The third-order valence-electron chi connectivity index (χ3n) is 4.17. The van der Waals surface area contributed by atoms with E-state index in [0.717, 1.165) is 36.3 Å². The Bertz CT molecular complexity index is 582. The normalized spacial score (nSPS) is 15.6. The van der Waals surface area contributed by atoms with Crippen molar-refractivity contribution in [1.82, 2.24) is 19.6 Å². The molecule has 0 bridgehead atoms. The van der Waals surface area contributed by atoms with E-state index in [2.05, 4.69) is 45.8 Å². The molecule has 0 amide bonds. The highest BCUT2D eigenvalue weighted by Gasteiger charge is 2.27. The van der Waals surface area contributed by atoms with Gasteiger partial charge in [-0.1, -0.05) is 6.92 Å². The predicted molar refractivity (Wildman–Crippen MR) is 84.5 cm³/mol. The minimum absolute atomic E-state index is 0.865. The van der Waals surface area contributed by atoms with Crippen molar-refractivity contribution in [1.29, 1.82) is 0 Å². The number of nitrogens with zero attached hydrogens (tertiary/aromatic N) is 3. The van der Waals surface area contributed by atoms with Crippen LogP contribution in [-0.4, -0.2) is 40.0 Å². The second-order valence-corrected chi connectivity index (χ2v) is 6.51. The van der Waals surface area contributed by atoms with Gasteiger partial charge < -0.3 is 5.32 Å². The molecule has 4 nitrogen and oxygen atoms in total. The largest absolute Gasteiger partial charge is 0.310 e. The molecule has 0 radical (unpaired) electrons. The van der Waals surface area contributed by atoms with Gasteiger partial charge in [0.05, 0.1) is 11.4 Å². The summed E-state index contributed by atoms with van der Waals surface area (Å²) < 4.78 is 2.28. The molecular formula is C15H24N4S. The van der Waals surface area contributed by atoms with Crippen LogP contribution in [0.4, 0.5) is 0 Å². The molecule has 5 heteroatoms. The average Bonchev–Trinajstić information content (AvgIpc) is 3.14. The van der Waals surface area contributed by atoms with E-state index in [9.17, 15) is 0 Å². The van der Waals surface area contributed by atoms with Crippen molar-refractivity contribution in [3.8, 4) is 0 Å². The molecule has 2 aromatic rings. The lowest BCUT2D eigenvalue weighted by atomic mass is 10.3. The van der Waals surface area contributed by atoms with Crippen LogP contribution in [0.15, 0.2) is 5.38 Å². The second kappa shape index (κ2) is 5.84. The van der Waals surface area contributed by atoms with Crippen LogP contribution in [0, 0.1) is 13.8 Å². The zero-order valence-corrected chi connectivity index (χ0v) is 13.5. The first kappa shape index (κ1) is 14.0. The molecule has 1 fully saturated rings. The number of imidazole rings is 1. The molecule has 2 aromatic heterocycles. The molecule has 1 aliphatic rings. The van der Waals surface area contributed by atoms with Crippen LogP contribution in [0.3, 0.4) is 0 Å². The summed E-state index contributed by atoms with van der Waals surface area (Å²) in [5.41, 5.74) is 3.76. The lowest BCUT2D eigenvalue weighted by Gasteiger charge is -2.19. The molecule has 0 saturated heterocycles. The van der Waals surface area contributed by atoms with Crippen LogP contribution in [-0.2, 0) is 6.54 Å². The van der Waals surface area contributed by atoms with E-state index >= 15 is 0 Å². The Kier molecular flexibility index (Phi) is 4.10. The Labute approximate surface area is 124 Å². The molecule has 1 aliphatic carbocycles. The maximum Gasteiger partial charge on any atom is 0.194 e. The Morgan fingerprint density at radius 1 is 1.45 bits per heavy atom. The zero-order chi connectivity index (χ0) is 14.1. The number of likely N-dealkylation sites (N-methyl/N-ethyl adjacent to an activating group) is 1. The van der Waals surface area contributed by atoms with Gasteiger partial charge in [0.2, 0.25) is 0 Å². The molecule has 0 unspecified atom stereocenters. The fraction of sp³-hybridized carbons (Fsp3) is 0.667. The smallest absolute Gasteiger partial charge is 0.194 e. The third kappa shape index (κ3) is 2.75. The van der Waals surface area contributed by atoms with Crippen molar-refractivity contribution >= 4 is 16.3 Å². The van der Waals surface area contributed by atoms with Crippen LogP contribution in [0.5, 0.6) is 0 Å². The van der Waals surface area contributed by atoms with Crippen LogP contribution < -0.4 is 5.32 Å². The molecule has 3 rings (SSSR count). The van der Waals surface area contributed by atoms with Crippen molar-refractivity contribution < 1.29 is 0 Å². The lowest BCUT2D eigenvalue weighted by molar-refractivity contribution is 0.276. The highest BCUT2D eigenvalue weighted by molar-refractivity contribution is 7.15. The third-order valence-corrected chi connectivity index (χ3v) is 5.11. The number of thiazole rings is 1. The minimum atomic E-state index is 0.865. The maximum atomic E-state index is 4.63. The highest BCUT2D eigenvalue weighted by Crippen LogP contribution is 2.26. The van der Waals surface area contributed by atoms with Crippen molar-refractivity contribution in [3.63, 3.8) is 0 Å². The van der Waals surface area contributed by atoms with Crippen molar-refractivity contribution in [2.45, 2.75) is 46.2 Å². The van der Waals surface area contributed by atoms with Crippen molar-refractivity contribution in [2.24, 2.45) is 0 Å². The van der Waals surface area contributed by atoms with Crippen LogP contribution in [0.2, 0.25) is 0 Å². The predicted octanol–water partition coefficient (Wildman–Crippen LogP) is 2.59. The minimum Gasteiger partial charge on any atom is -0.310 e. The summed E-state index contributed by atoms with van der Waals surface area (Å²) >= 11 is 1.72. The van der Waals surface area contributed by atoms with E-state index in [-0.39, 0.29) is 0 Å². The standard InChI is InChI=1S/C15H24N4S/c1-4-18(13-5-6-13)8-7-16-9-14-12(3)17-15-19(14)11(2)10-20-15/h10,13,16H,4-9H2,1-3H3.